The number of nitrogens with one attached hydrogen (secondary N) is 1. The van der Waals surface area contributed by atoms with Gasteiger partial charge >= 0.3 is 0 Å². The average molecular weight is 296 g/mol. The van der Waals surface area contributed by atoms with Crippen LogP contribution in [0.15, 0.2) is 24.3 Å². The number of carbonyl (C=O) groups excluding carboxylic acids is 2. The second-order valence-corrected chi connectivity index (χ2v) is 5.80. The van der Waals surface area contributed by atoms with Gasteiger partial charge in [0, 0.05) is 35.4 Å². The molecule has 108 valence electrons. The summed E-state index contributed by atoms with van der Waals surface area (Å²) < 4.78 is 0. The molecule has 1 aromatic carbocycles. The Labute approximate surface area is 123 Å². The number of benzene rings is 1. The van der Waals surface area contributed by atoms with E-state index >= 15 is 0 Å². The fourth-order valence-electron chi connectivity index (χ4n) is 1.95. The molecule has 1 amide bonds. The SMILES string of the molecule is O=C(CCC(=O)c1ccc(Cl)cc1)NCC1(CO)CC1. The Balaban J connectivity index is 1.73. The number of rotatable bonds is 7. The molecule has 1 fully saturated rings. The molecule has 0 radical (unpaired) electrons. The van der Waals surface area contributed by atoms with Gasteiger partial charge in [-0.3, -0.25) is 9.59 Å². The predicted molar refractivity (Wildman–Crippen MR) is 76.8 cm³/mol. The molecule has 2 N–H and O–H groups in total. The summed E-state index contributed by atoms with van der Waals surface area (Å²) in [7, 11) is 0. The summed E-state index contributed by atoms with van der Waals surface area (Å²) in [6, 6.07) is 6.64. The Bertz CT molecular complexity index is 494. The maximum absolute atomic E-state index is 11.9. The summed E-state index contributed by atoms with van der Waals surface area (Å²) >= 11 is 5.75. The molecule has 0 aromatic heterocycles. The minimum Gasteiger partial charge on any atom is -0.396 e. The van der Waals surface area contributed by atoms with E-state index in [0.717, 1.165) is 12.8 Å². The van der Waals surface area contributed by atoms with E-state index in [-0.39, 0.29) is 36.6 Å². The van der Waals surface area contributed by atoms with Gasteiger partial charge in [0.2, 0.25) is 5.91 Å². The first kappa shape index (κ1) is 15.0. The van der Waals surface area contributed by atoms with Crippen LogP contribution in [0.3, 0.4) is 0 Å². The monoisotopic (exact) mass is 295 g/mol. The number of hydrogen-bond donors (Lipinski definition) is 2. The minimum atomic E-state index is -0.146. The van der Waals surface area contributed by atoms with Gasteiger partial charge in [0.25, 0.3) is 0 Å². The van der Waals surface area contributed by atoms with Gasteiger partial charge in [-0.1, -0.05) is 11.6 Å². The molecule has 0 unspecified atom stereocenters. The highest BCUT2D eigenvalue weighted by atomic mass is 35.5. The number of carbonyl (C=O) groups is 2. The number of halogens is 1. The van der Waals surface area contributed by atoms with Crippen LogP contribution in [-0.2, 0) is 4.79 Å². The highest BCUT2D eigenvalue weighted by Gasteiger charge is 2.41. The summed E-state index contributed by atoms with van der Waals surface area (Å²) in [5, 5.41) is 12.5. The van der Waals surface area contributed by atoms with Gasteiger partial charge in [-0.15, -0.1) is 0 Å². The Kier molecular flexibility index (Phi) is 4.78. The lowest BCUT2D eigenvalue weighted by atomic mass is 10.1. The number of Topliss-reactive ketones (excluding diaryl/α,β-unsaturated/α-hetero) is 1. The van der Waals surface area contributed by atoms with Crippen molar-refractivity contribution in [1.29, 1.82) is 0 Å². The van der Waals surface area contributed by atoms with Crippen LogP contribution in [0.25, 0.3) is 0 Å². The summed E-state index contributed by atoms with van der Waals surface area (Å²) in [6.45, 7) is 0.606. The van der Waals surface area contributed by atoms with Crippen LogP contribution in [0.5, 0.6) is 0 Å². The van der Waals surface area contributed by atoms with Crippen LogP contribution in [-0.4, -0.2) is 29.9 Å². The lowest BCUT2D eigenvalue weighted by Gasteiger charge is -2.12. The fraction of sp³-hybridized carbons (Fsp3) is 0.467. The predicted octanol–water partition coefficient (Wildman–Crippen LogP) is 2.19. The quantitative estimate of drug-likeness (QED) is 0.758. The largest absolute Gasteiger partial charge is 0.396 e. The summed E-state index contributed by atoms with van der Waals surface area (Å²) in [5.74, 6) is -0.216. The maximum atomic E-state index is 11.9. The van der Waals surface area contributed by atoms with Crippen molar-refractivity contribution in [2.45, 2.75) is 25.7 Å². The van der Waals surface area contributed by atoms with E-state index in [2.05, 4.69) is 5.32 Å². The normalized spacial score (nSPS) is 15.7. The molecule has 4 nitrogen and oxygen atoms in total. The minimum absolute atomic E-state index is 0.0693. The third-order valence-electron chi connectivity index (χ3n) is 3.70. The van der Waals surface area contributed by atoms with Crippen LogP contribution < -0.4 is 5.32 Å². The van der Waals surface area contributed by atoms with Gasteiger partial charge in [0.05, 0.1) is 6.61 Å². The number of amides is 1. The molecule has 0 spiro atoms. The fourth-order valence-corrected chi connectivity index (χ4v) is 2.08. The van der Waals surface area contributed by atoms with Gasteiger partial charge in [-0.2, -0.15) is 0 Å². The molecule has 0 aliphatic heterocycles. The average Bonchev–Trinajstić information content (AvgIpc) is 3.24. The van der Waals surface area contributed by atoms with Gasteiger partial charge < -0.3 is 10.4 Å². The second-order valence-electron chi connectivity index (χ2n) is 5.36. The van der Waals surface area contributed by atoms with E-state index in [1.165, 1.54) is 0 Å². The molecule has 1 saturated carbocycles. The molecular weight excluding hydrogens is 278 g/mol. The van der Waals surface area contributed by atoms with Crippen molar-refractivity contribution in [1.82, 2.24) is 5.32 Å². The van der Waals surface area contributed by atoms with E-state index in [9.17, 15) is 9.59 Å². The molecule has 0 saturated heterocycles. The Morgan fingerprint density at radius 1 is 1.20 bits per heavy atom. The smallest absolute Gasteiger partial charge is 0.220 e. The molecule has 0 atom stereocenters. The summed E-state index contributed by atoms with van der Waals surface area (Å²) in [6.07, 6.45) is 2.25. The van der Waals surface area contributed by atoms with E-state index in [0.29, 0.717) is 17.1 Å². The lowest BCUT2D eigenvalue weighted by molar-refractivity contribution is -0.121. The van der Waals surface area contributed by atoms with Gasteiger partial charge in [-0.05, 0) is 37.1 Å². The van der Waals surface area contributed by atoms with Crippen LogP contribution in [0.2, 0.25) is 5.02 Å². The zero-order valence-corrected chi connectivity index (χ0v) is 11.9. The Morgan fingerprint density at radius 3 is 2.40 bits per heavy atom. The number of aliphatic hydroxyl groups is 1. The van der Waals surface area contributed by atoms with Crippen LogP contribution in [0.4, 0.5) is 0 Å². The third-order valence-corrected chi connectivity index (χ3v) is 3.95. The third kappa shape index (κ3) is 4.05. The van der Waals surface area contributed by atoms with E-state index in [1.807, 2.05) is 0 Å². The molecule has 2 rings (SSSR count). The highest BCUT2D eigenvalue weighted by Crippen LogP contribution is 2.44. The van der Waals surface area contributed by atoms with Crippen molar-refractivity contribution in [3.05, 3.63) is 34.9 Å². The van der Waals surface area contributed by atoms with E-state index in [1.54, 1.807) is 24.3 Å². The van der Waals surface area contributed by atoms with Gasteiger partial charge in [0.1, 0.15) is 0 Å². The van der Waals surface area contributed by atoms with Crippen molar-refractivity contribution in [3.63, 3.8) is 0 Å². The molecule has 20 heavy (non-hydrogen) atoms. The van der Waals surface area contributed by atoms with Crippen LogP contribution in [0.1, 0.15) is 36.0 Å². The van der Waals surface area contributed by atoms with Gasteiger partial charge in [0.15, 0.2) is 5.78 Å². The number of ketones is 1. The van der Waals surface area contributed by atoms with Crippen LogP contribution in [0, 0.1) is 5.41 Å². The van der Waals surface area contributed by atoms with Crippen LogP contribution >= 0.6 is 11.6 Å². The van der Waals surface area contributed by atoms with Crippen molar-refractivity contribution in [2.24, 2.45) is 5.41 Å². The Morgan fingerprint density at radius 2 is 1.85 bits per heavy atom. The second kappa shape index (κ2) is 6.37. The molecule has 0 heterocycles. The maximum Gasteiger partial charge on any atom is 0.220 e. The molecular formula is C15H18ClNO3. The number of hydrogen-bond acceptors (Lipinski definition) is 3. The summed E-state index contributed by atoms with van der Waals surface area (Å²) in [4.78, 5) is 23.5. The van der Waals surface area contributed by atoms with Gasteiger partial charge in [-0.25, -0.2) is 0 Å². The first-order valence-electron chi connectivity index (χ1n) is 6.71. The van der Waals surface area contributed by atoms with Crippen molar-refractivity contribution in [3.8, 4) is 0 Å². The first-order valence-corrected chi connectivity index (χ1v) is 7.09. The number of aliphatic hydroxyl groups excluding tert-OH is 1. The van der Waals surface area contributed by atoms with Crippen molar-refractivity contribution in [2.75, 3.05) is 13.2 Å². The molecule has 0 bridgehead atoms. The lowest BCUT2D eigenvalue weighted by Crippen LogP contribution is -2.32. The molecule has 1 aliphatic rings. The van der Waals surface area contributed by atoms with Crippen molar-refractivity contribution >= 4 is 23.3 Å². The first-order chi connectivity index (χ1) is 9.54. The highest BCUT2D eigenvalue weighted by molar-refractivity contribution is 6.30. The standard InChI is InChI=1S/C15H18ClNO3/c16-12-3-1-11(2-4-12)13(19)5-6-14(20)17-9-15(10-18)7-8-15/h1-4,18H,5-10H2,(H,17,20). The zero-order valence-electron chi connectivity index (χ0n) is 11.2. The zero-order chi connectivity index (χ0) is 14.6. The molecule has 1 aromatic rings. The molecule has 5 heteroatoms. The summed E-state index contributed by atoms with van der Waals surface area (Å²) in [5.41, 5.74) is 0.465. The molecule has 1 aliphatic carbocycles. The van der Waals surface area contributed by atoms with E-state index < -0.39 is 0 Å². The van der Waals surface area contributed by atoms with Crippen molar-refractivity contribution < 1.29 is 14.7 Å². The topological polar surface area (TPSA) is 66.4 Å². The Hall–Kier alpha value is -1.39. The van der Waals surface area contributed by atoms with E-state index in [4.69, 9.17) is 16.7 Å².